The van der Waals surface area contributed by atoms with Crippen LogP contribution in [0.25, 0.3) is 0 Å². The Hall–Kier alpha value is -2.34. The van der Waals surface area contributed by atoms with E-state index in [4.69, 9.17) is 4.74 Å². The molecule has 184 valence electrons. The molecule has 0 spiro atoms. The number of hydrogen-bond donors (Lipinski definition) is 1. The Labute approximate surface area is 212 Å². The predicted molar refractivity (Wildman–Crippen MR) is 140 cm³/mol. The second-order valence-electron chi connectivity index (χ2n) is 10.1. The maximum atomic E-state index is 13.4. The SMILES string of the molecule is CC[C@H](C(=O)NC1CCCC1)N(Cc1ccccc1)C(=O)COc1ccc(C(C)(C)C)cc1Br. The van der Waals surface area contributed by atoms with Gasteiger partial charge < -0.3 is 15.0 Å². The van der Waals surface area contributed by atoms with Gasteiger partial charge in [-0.25, -0.2) is 0 Å². The van der Waals surface area contributed by atoms with Crippen LogP contribution in [-0.4, -0.2) is 35.4 Å². The molecule has 0 saturated heterocycles. The fourth-order valence-electron chi connectivity index (χ4n) is 4.37. The summed E-state index contributed by atoms with van der Waals surface area (Å²) in [6.07, 6.45) is 4.85. The highest BCUT2D eigenvalue weighted by Gasteiger charge is 2.31. The van der Waals surface area contributed by atoms with Gasteiger partial charge in [-0.05, 0) is 63.9 Å². The second kappa shape index (κ2) is 11.9. The molecule has 1 N–H and O–H groups in total. The molecule has 1 fully saturated rings. The molecule has 5 nitrogen and oxygen atoms in total. The van der Waals surface area contributed by atoms with Crippen LogP contribution in [0.3, 0.4) is 0 Å². The van der Waals surface area contributed by atoms with Crippen LogP contribution >= 0.6 is 15.9 Å². The summed E-state index contributed by atoms with van der Waals surface area (Å²) in [5, 5.41) is 3.17. The van der Waals surface area contributed by atoms with Crippen LogP contribution in [0.4, 0.5) is 0 Å². The molecule has 34 heavy (non-hydrogen) atoms. The number of ether oxygens (including phenoxy) is 1. The van der Waals surface area contributed by atoms with Crippen molar-refractivity contribution in [3.63, 3.8) is 0 Å². The Morgan fingerprint density at radius 3 is 2.38 bits per heavy atom. The quantitative estimate of drug-likeness (QED) is 0.434. The fraction of sp³-hybridized carbons (Fsp3) is 0.500. The molecule has 0 aliphatic heterocycles. The number of nitrogens with one attached hydrogen (secondary N) is 1. The first kappa shape index (κ1) is 26.3. The zero-order valence-electron chi connectivity index (χ0n) is 20.8. The molecule has 0 aromatic heterocycles. The Kier molecular flexibility index (Phi) is 9.17. The van der Waals surface area contributed by atoms with Crippen molar-refractivity contribution in [2.75, 3.05) is 6.61 Å². The summed E-state index contributed by atoms with van der Waals surface area (Å²) < 4.78 is 6.74. The summed E-state index contributed by atoms with van der Waals surface area (Å²) in [4.78, 5) is 28.2. The van der Waals surface area contributed by atoms with Gasteiger partial charge in [0, 0.05) is 12.6 Å². The molecule has 1 aliphatic carbocycles. The Balaban J connectivity index is 1.75. The van der Waals surface area contributed by atoms with E-state index in [-0.39, 0.29) is 29.9 Å². The molecule has 6 heteroatoms. The number of amides is 2. The standard InChI is InChI=1S/C28H37BrN2O3/c1-5-24(27(33)30-22-13-9-10-14-22)31(18-20-11-7-6-8-12-20)26(32)19-34-25-16-15-21(17-23(25)29)28(2,3)4/h6-8,11-12,15-17,22,24H,5,9-10,13-14,18-19H2,1-4H3,(H,30,33)/t24-/m1/s1. The third-order valence-electron chi connectivity index (χ3n) is 6.43. The summed E-state index contributed by atoms with van der Waals surface area (Å²) in [5.41, 5.74) is 2.18. The summed E-state index contributed by atoms with van der Waals surface area (Å²) in [6.45, 7) is 8.65. The van der Waals surface area contributed by atoms with Crippen molar-refractivity contribution in [1.82, 2.24) is 10.2 Å². The average Bonchev–Trinajstić information content (AvgIpc) is 3.31. The van der Waals surface area contributed by atoms with E-state index < -0.39 is 6.04 Å². The van der Waals surface area contributed by atoms with Crippen LogP contribution < -0.4 is 10.1 Å². The van der Waals surface area contributed by atoms with E-state index in [9.17, 15) is 9.59 Å². The van der Waals surface area contributed by atoms with Crippen molar-refractivity contribution in [3.05, 3.63) is 64.1 Å². The zero-order valence-corrected chi connectivity index (χ0v) is 22.4. The van der Waals surface area contributed by atoms with Crippen molar-refractivity contribution < 1.29 is 14.3 Å². The lowest BCUT2D eigenvalue weighted by Crippen LogP contribution is -2.52. The van der Waals surface area contributed by atoms with Crippen molar-refractivity contribution >= 4 is 27.7 Å². The van der Waals surface area contributed by atoms with E-state index in [1.807, 2.05) is 55.5 Å². The van der Waals surface area contributed by atoms with Crippen LogP contribution in [0.5, 0.6) is 5.75 Å². The molecule has 0 bridgehead atoms. The summed E-state index contributed by atoms with van der Waals surface area (Å²) in [7, 11) is 0. The van der Waals surface area contributed by atoms with Gasteiger partial charge in [0.05, 0.1) is 4.47 Å². The van der Waals surface area contributed by atoms with Gasteiger partial charge in [-0.15, -0.1) is 0 Å². The molecule has 0 heterocycles. The maximum absolute atomic E-state index is 13.4. The molecule has 2 aromatic rings. The lowest BCUT2D eigenvalue weighted by atomic mass is 9.87. The molecule has 2 amide bonds. The molecular formula is C28H37BrN2O3. The Morgan fingerprint density at radius 2 is 1.79 bits per heavy atom. The van der Waals surface area contributed by atoms with Crippen LogP contribution in [0.2, 0.25) is 0 Å². The topological polar surface area (TPSA) is 58.6 Å². The van der Waals surface area contributed by atoms with Gasteiger partial charge in [-0.3, -0.25) is 9.59 Å². The van der Waals surface area contributed by atoms with E-state index in [2.05, 4.69) is 42.0 Å². The summed E-state index contributed by atoms with van der Waals surface area (Å²) in [5.74, 6) is 0.336. The van der Waals surface area contributed by atoms with Crippen LogP contribution in [0, 0.1) is 0 Å². The fourth-order valence-corrected chi connectivity index (χ4v) is 4.87. The van der Waals surface area contributed by atoms with Crippen molar-refractivity contribution in [3.8, 4) is 5.75 Å². The van der Waals surface area contributed by atoms with Crippen molar-refractivity contribution in [2.45, 2.75) is 83.8 Å². The first-order chi connectivity index (χ1) is 16.2. The normalized spacial score (nSPS) is 15.1. The van der Waals surface area contributed by atoms with Crippen molar-refractivity contribution in [2.24, 2.45) is 0 Å². The smallest absolute Gasteiger partial charge is 0.261 e. The van der Waals surface area contributed by atoms with E-state index in [0.29, 0.717) is 18.7 Å². The molecular weight excluding hydrogens is 492 g/mol. The highest BCUT2D eigenvalue weighted by Crippen LogP contribution is 2.31. The van der Waals surface area contributed by atoms with E-state index >= 15 is 0 Å². The first-order valence-electron chi connectivity index (χ1n) is 12.3. The molecule has 0 unspecified atom stereocenters. The molecule has 1 aliphatic rings. The number of nitrogens with zero attached hydrogens (tertiary/aromatic N) is 1. The van der Waals surface area contributed by atoms with Gasteiger partial charge in [-0.1, -0.05) is 76.9 Å². The molecule has 1 atom stereocenters. The van der Waals surface area contributed by atoms with Gasteiger partial charge in [-0.2, -0.15) is 0 Å². The minimum atomic E-state index is -0.538. The molecule has 1 saturated carbocycles. The third kappa shape index (κ3) is 7.08. The lowest BCUT2D eigenvalue weighted by molar-refractivity contribution is -0.143. The van der Waals surface area contributed by atoms with Gasteiger partial charge in [0.2, 0.25) is 5.91 Å². The lowest BCUT2D eigenvalue weighted by Gasteiger charge is -2.31. The Morgan fingerprint density at radius 1 is 1.12 bits per heavy atom. The minimum absolute atomic E-state index is 0.0182. The Bertz CT molecular complexity index is 965. The van der Waals surface area contributed by atoms with Gasteiger partial charge >= 0.3 is 0 Å². The van der Waals surface area contributed by atoms with E-state index in [0.717, 1.165) is 35.7 Å². The first-order valence-corrected chi connectivity index (χ1v) is 13.0. The van der Waals surface area contributed by atoms with Crippen molar-refractivity contribution in [1.29, 1.82) is 0 Å². The van der Waals surface area contributed by atoms with Gasteiger partial charge in [0.15, 0.2) is 6.61 Å². The predicted octanol–water partition coefficient (Wildman–Crippen LogP) is 5.99. The monoisotopic (exact) mass is 528 g/mol. The molecule has 3 rings (SSSR count). The summed E-state index contributed by atoms with van der Waals surface area (Å²) in [6, 6.07) is 15.4. The minimum Gasteiger partial charge on any atom is -0.483 e. The molecule has 0 radical (unpaired) electrons. The van der Waals surface area contributed by atoms with E-state index in [1.54, 1.807) is 4.90 Å². The highest BCUT2D eigenvalue weighted by molar-refractivity contribution is 9.10. The number of rotatable bonds is 9. The number of carbonyl (C=O) groups excluding carboxylic acids is 2. The third-order valence-corrected chi connectivity index (χ3v) is 7.05. The zero-order chi connectivity index (χ0) is 24.7. The summed E-state index contributed by atoms with van der Waals surface area (Å²) >= 11 is 3.58. The van der Waals surface area contributed by atoms with Crippen LogP contribution in [0.15, 0.2) is 53.0 Å². The maximum Gasteiger partial charge on any atom is 0.261 e. The highest BCUT2D eigenvalue weighted by atomic mass is 79.9. The van der Waals surface area contributed by atoms with Gasteiger partial charge in [0.1, 0.15) is 11.8 Å². The largest absolute Gasteiger partial charge is 0.483 e. The second-order valence-corrected chi connectivity index (χ2v) is 11.0. The number of halogens is 1. The average molecular weight is 530 g/mol. The number of carbonyl (C=O) groups is 2. The number of benzene rings is 2. The van der Waals surface area contributed by atoms with Crippen LogP contribution in [-0.2, 0) is 21.5 Å². The van der Waals surface area contributed by atoms with Crippen LogP contribution in [0.1, 0.15) is 70.9 Å². The van der Waals surface area contributed by atoms with E-state index in [1.165, 1.54) is 5.56 Å². The molecule has 2 aromatic carbocycles. The number of hydrogen-bond acceptors (Lipinski definition) is 3. The van der Waals surface area contributed by atoms with Gasteiger partial charge in [0.25, 0.3) is 5.91 Å².